The van der Waals surface area contributed by atoms with Gasteiger partial charge in [0.2, 0.25) is 0 Å². The van der Waals surface area contributed by atoms with Gasteiger partial charge in [0, 0.05) is 12.1 Å². The summed E-state index contributed by atoms with van der Waals surface area (Å²) in [6, 6.07) is 10.6. The molecule has 112 valence electrons. The lowest BCUT2D eigenvalue weighted by Gasteiger charge is -2.14. The number of rotatable bonds is 5. The van der Waals surface area contributed by atoms with Gasteiger partial charge in [-0.3, -0.25) is 0 Å². The topological polar surface area (TPSA) is 35.2 Å². The Morgan fingerprint density at radius 3 is 2.67 bits per heavy atom. The number of ether oxygens (including phenoxy) is 1. The molecule has 0 saturated carbocycles. The third kappa shape index (κ3) is 4.29. The summed E-state index contributed by atoms with van der Waals surface area (Å²) in [6.45, 7) is 4.03. The van der Waals surface area contributed by atoms with Gasteiger partial charge in [-0.2, -0.15) is 0 Å². The zero-order chi connectivity index (χ0) is 15.4. The van der Waals surface area contributed by atoms with Crippen molar-refractivity contribution in [1.29, 1.82) is 0 Å². The average Bonchev–Trinajstić information content (AvgIpc) is 2.46. The zero-order valence-corrected chi connectivity index (χ0v) is 13.8. The van der Waals surface area contributed by atoms with E-state index in [9.17, 15) is 4.39 Å². The number of benzene rings is 2. The molecule has 2 aromatic rings. The Morgan fingerprint density at radius 2 is 1.95 bits per heavy atom. The van der Waals surface area contributed by atoms with E-state index < -0.39 is 0 Å². The van der Waals surface area contributed by atoms with Crippen LogP contribution in [0.4, 0.5) is 4.39 Å². The van der Waals surface area contributed by atoms with E-state index in [0.717, 1.165) is 34.2 Å². The van der Waals surface area contributed by atoms with Gasteiger partial charge in [-0.1, -0.05) is 19.1 Å². The highest BCUT2D eigenvalue weighted by atomic mass is 79.9. The Balaban J connectivity index is 2.26. The quantitative estimate of drug-likeness (QED) is 0.825. The van der Waals surface area contributed by atoms with Crippen molar-refractivity contribution >= 4 is 15.9 Å². The van der Waals surface area contributed by atoms with Crippen LogP contribution in [-0.4, -0.2) is 6.04 Å². The van der Waals surface area contributed by atoms with Gasteiger partial charge in [0.05, 0.1) is 4.47 Å². The summed E-state index contributed by atoms with van der Waals surface area (Å²) in [4.78, 5) is 0. The fourth-order valence-corrected chi connectivity index (χ4v) is 2.33. The van der Waals surface area contributed by atoms with Gasteiger partial charge < -0.3 is 10.5 Å². The maximum absolute atomic E-state index is 13.3. The summed E-state index contributed by atoms with van der Waals surface area (Å²) in [5.41, 5.74) is 8.11. The molecule has 2 nitrogen and oxygen atoms in total. The summed E-state index contributed by atoms with van der Waals surface area (Å²) < 4.78 is 19.9. The number of halogens is 2. The summed E-state index contributed by atoms with van der Waals surface area (Å²) in [7, 11) is 0. The number of nitrogens with two attached hydrogens (primary N) is 1. The van der Waals surface area contributed by atoms with Crippen LogP contribution in [0.2, 0.25) is 0 Å². The number of hydrogen-bond acceptors (Lipinski definition) is 2. The zero-order valence-electron chi connectivity index (χ0n) is 12.2. The van der Waals surface area contributed by atoms with Crippen LogP contribution in [0.1, 0.15) is 24.5 Å². The first kappa shape index (κ1) is 16.0. The molecule has 2 aromatic carbocycles. The highest BCUT2D eigenvalue weighted by molar-refractivity contribution is 9.10. The van der Waals surface area contributed by atoms with Crippen molar-refractivity contribution in [2.45, 2.75) is 32.7 Å². The maximum Gasteiger partial charge on any atom is 0.144 e. The van der Waals surface area contributed by atoms with Crippen molar-refractivity contribution in [3.05, 3.63) is 57.8 Å². The second-order valence-electron chi connectivity index (χ2n) is 5.15. The molecule has 1 atom stereocenters. The van der Waals surface area contributed by atoms with Gasteiger partial charge >= 0.3 is 0 Å². The molecule has 2 N–H and O–H groups in total. The molecule has 0 aliphatic heterocycles. The van der Waals surface area contributed by atoms with Gasteiger partial charge in [-0.15, -0.1) is 0 Å². The molecule has 2 rings (SSSR count). The van der Waals surface area contributed by atoms with Crippen molar-refractivity contribution in [1.82, 2.24) is 0 Å². The minimum atomic E-state index is -0.324. The van der Waals surface area contributed by atoms with E-state index in [2.05, 4.69) is 28.9 Å². The first-order valence-electron chi connectivity index (χ1n) is 6.97. The average molecular weight is 352 g/mol. The minimum absolute atomic E-state index is 0.140. The lowest BCUT2D eigenvalue weighted by Crippen LogP contribution is -2.21. The largest absolute Gasteiger partial charge is 0.456 e. The Hall–Kier alpha value is -1.39. The van der Waals surface area contributed by atoms with Crippen LogP contribution in [-0.2, 0) is 6.42 Å². The minimum Gasteiger partial charge on any atom is -0.456 e. The molecule has 0 aromatic heterocycles. The van der Waals surface area contributed by atoms with Gasteiger partial charge in [-0.05, 0) is 65.0 Å². The summed E-state index contributed by atoms with van der Waals surface area (Å²) >= 11 is 3.37. The highest BCUT2D eigenvalue weighted by Crippen LogP contribution is 2.32. The van der Waals surface area contributed by atoms with Crippen molar-refractivity contribution in [3.8, 4) is 11.5 Å². The number of hydrogen-bond donors (Lipinski definition) is 1. The van der Waals surface area contributed by atoms with Crippen molar-refractivity contribution in [2.24, 2.45) is 5.73 Å². The number of aryl methyl sites for hydroxylation is 1. The molecule has 0 heterocycles. The molecule has 0 saturated heterocycles. The highest BCUT2D eigenvalue weighted by Gasteiger charge is 2.09. The molecule has 0 amide bonds. The van der Waals surface area contributed by atoms with E-state index in [1.54, 1.807) is 6.07 Å². The van der Waals surface area contributed by atoms with E-state index in [4.69, 9.17) is 10.5 Å². The summed E-state index contributed by atoms with van der Waals surface area (Å²) in [5, 5.41) is 0. The third-order valence-corrected chi connectivity index (χ3v) is 4.04. The van der Waals surface area contributed by atoms with Crippen LogP contribution in [0, 0.1) is 12.7 Å². The molecule has 0 fully saturated rings. The third-order valence-electron chi connectivity index (χ3n) is 3.39. The summed E-state index contributed by atoms with van der Waals surface area (Å²) in [5.74, 6) is 0.868. The SMILES string of the molecule is CCC(N)Cc1ccc(C)c(Oc2cc(F)ccc2Br)c1. The van der Waals surface area contributed by atoms with E-state index in [1.165, 1.54) is 12.1 Å². The first-order chi connectivity index (χ1) is 9.99. The van der Waals surface area contributed by atoms with E-state index >= 15 is 0 Å². The normalized spacial score (nSPS) is 12.2. The lowest BCUT2D eigenvalue weighted by molar-refractivity contribution is 0.469. The Labute approximate surface area is 133 Å². The lowest BCUT2D eigenvalue weighted by atomic mass is 10.0. The van der Waals surface area contributed by atoms with Gasteiger partial charge in [0.15, 0.2) is 0 Å². The van der Waals surface area contributed by atoms with E-state index in [-0.39, 0.29) is 11.9 Å². The molecule has 21 heavy (non-hydrogen) atoms. The van der Waals surface area contributed by atoms with Gasteiger partial charge in [0.25, 0.3) is 0 Å². The Morgan fingerprint density at radius 1 is 1.19 bits per heavy atom. The predicted molar refractivity (Wildman–Crippen MR) is 87.3 cm³/mol. The fourth-order valence-electron chi connectivity index (χ4n) is 2.00. The van der Waals surface area contributed by atoms with Crippen LogP contribution >= 0.6 is 15.9 Å². The standard InChI is InChI=1S/C17H19BrFNO/c1-3-14(20)8-12-5-4-11(2)16(9-12)21-17-10-13(19)6-7-15(17)18/h4-7,9-10,14H,3,8,20H2,1-2H3. The van der Waals surface area contributed by atoms with Gasteiger partial charge in [-0.25, -0.2) is 4.39 Å². The molecule has 0 aliphatic carbocycles. The molecular weight excluding hydrogens is 333 g/mol. The maximum atomic E-state index is 13.3. The second-order valence-corrected chi connectivity index (χ2v) is 6.00. The molecule has 0 aliphatic rings. The molecule has 1 unspecified atom stereocenters. The van der Waals surface area contributed by atoms with Crippen LogP contribution in [0.3, 0.4) is 0 Å². The van der Waals surface area contributed by atoms with Crippen LogP contribution < -0.4 is 10.5 Å². The van der Waals surface area contributed by atoms with Crippen molar-refractivity contribution < 1.29 is 9.13 Å². The van der Waals surface area contributed by atoms with E-state index in [0.29, 0.717) is 5.75 Å². The van der Waals surface area contributed by atoms with Crippen molar-refractivity contribution in [2.75, 3.05) is 0 Å². The second kappa shape index (κ2) is 7.05. The molecule has 0 spiro atoms. The van der Waals surface area contributed by atoms with Crippen LogP contribution in [0.15, 0.2) is 40.9 Å². The van der Waals surface area contributed by atoms with Crippen LogP contribution in [0.25, 0.3) is 0 Å². The van der Waals surface area contributed by atoms with Crippen molar-refractivity contribution in [3.63, 3.8) is 0 Å². The Bertz CT molecular complexity index is 630. The smallest absolute Gasteiger partial charge is 0.144 e. The molecule has 0 radical (unpaired) electrons. The Kier molecular flexibility index (Phi) is 5.37. The first-order valence-corrected chi connectivity index (χ1v) is 7.77. The molecule has 4 heteroatoms. The van der Waals surface area contributed by atoms with E-state index in [1.807, 2.05) is 19.1 Å². The predicted octanol–water partition coefficient (Wildman–Crippen LogP) is 4.97. The fraction of sp³-hybridized carbons (Fsp3) is 0.294. The monoisotopic (exact) mass is 351 g/mol. The molecular formula is C17H19BrFNO. The van der Waals surface area contributed by atoms with Crippen LogP contribution in [0.5, 0.6) is 11.5 Å². The molecule has 0 bridgehead atoms. The van der Waals surface area contributed by atoms with Gasteiger partial charge in [0.1, 0.15) is 17.3 Å². The summed E-state index contributed by atoms with van der Waals surface area (Å²) in [6.07, 6.45) is 1.73.